The lowest BCUT2D eigenvalue weighted by atomic mass is 10.2. The fraction of sp³-hybridized carbons (Fsp3) is 0.154. The summed E-state index contributed by atoms with van der Waals surface area (Å²) in [5.41, 5.74) is 1.70. The van der Waals surface area contributed by atoms with Gasteiger partial charge in [0.15, 0.2) is 11.6 Å². The summed E-state index contributed by atoms with van der Waals surface area (Å²) >= 11 is 0. The first-order chi connectivity index (χ1) is 8.69. The number of hydrogen-bond acceptors (Lipinski definition) is 2. The smallest absolute Gasteiger partial charge is 0.159 e. The van der Waals surface area contributed by atoms with Crippen LogP contribution in [0.1, 0.15) is 11.1 Å². The third-order valence-corrected chi connectivity index (χ3v) is 2.48. The van der Waals surface area contributed by atoms with Crippen LogP contribution < -0.4 is 5.32 Å². The van der Waals surface area contributed by atoms with Crippen molar-refractivity contribution in [3.63, 3.8) is 0 Å². The molecular weight excluding hydrogens is 236 g/mol. The minimum atomic E-state index is -0.828. The van der Waals surface area contributed by atoms with Crippen molar-refractivity contribution < 1.29 is 8.78 Å². The lowest BCUT2D eigenvalue weighted by Gasteiger charge is -2.03. The van der Waals surface area contributed by atoms with Crippen molar-refractivity contribution in [3.8, 4) is 0 Å². The molecule has 0 aliphatic heterocycles. The molecule has 3 nitrogen and oxygen atoms in total. The van der Waals surface area contributed by atoms with Crippen LogP contribution in [0.5, 0.6) is 0 Å². The summed E-state index contributed by atoms with van der Waals surface area (Å²) in [6.45, 7) is 4.67. The van der Waals surface area contributed by atoms with E-state index >= 15 is 0 Å². The molecule has 0 amide bonds. The van der Waals surface area contributed by atoms with Crippen molar-refractivity contribution >= 4 is 6.20 Å². The highest BCUT2D eigenvalue weighted by Crippen LogP contribution is 2.08. The third kappa shape index (κ3) is 3.01. The molecule has 0 atom stereocenters. The van der Waals surface area contributed by atoms with Gasteiger partial charge in [-0.1, -0.05) is 12.6 Å². The van der Waals surface area contributed by atoms with E-state index in [0.29, 0.717) is 18.7 Å². The van der Waals surface area contributed by atoms with Gasteiger partial charge in [-0.15, -0.1) is 0 Å². The Morgan fingerprint density at radius 1 is 1.22 bits per heavy atom. The Bertz CT molecular complexity index is 549. The van der Waals surface area contributed by atoms with Crippen LogP contribution in [-0.4, -0.2) is 9.78 Å². The fourth-order valence-corrected chi connectivity index (χ4v) is 1.57. The van der Waals surface area contributed by atoms with Crippen LogP contribution in [0, 0.1) is 11.6 Å². The van der Waals surface area contributed by atoms with Gasteiger partial charge in [0.2, 0.25) is 0 Å². The first-order valence-corrected chi connectivity index (χ1v) is 5.49. The Hall–Kier alpha value is -2.01. The van der Waals surface area contributed by atoms with Crippen LogP contribution in [0.15, 0.2) is 37.2 Å². The summed E-state index contributed by atoms with van der Waals surface area (Å²) in [5, 5.41) is 7.16. The van der Waals surface area contributed by atoms with Gasteiger partial charge in [-0.2, -0.15) is 5.10 Å². The van der Waals surface area contributed by atoms with Gasteiger partial charge in [0.1, 0.15) is 0 Å². The van der Waals surface area contributed by atoms with E-state index < -0.39 is 11.6 Å². The van der Waals surface area contributed by atoms with Crippen LogP contribution in [0.25, 0.3) is 6.20 Å². The molecule has 1 N–H and O–H groups in total. The summed E-state index contributed by atoms with van der Waals surface area (Å²) < 4.78 is 27.3. The third-order valence-electron chi connectivity index (χ3n) is 2.48. The van der Waals surface area contributed by atoms with Crippen molar-refractivity contribution in [1.82, 2.24) is 15.1 Å². The second-order valence-corrected chi connectivity index (χ2v) is 3.86. The standard InChI is InChI=1S/C13H13F2N3/c1-2-18-9-11(8-17-18)7-16-6-10-3-4-12(14)13(15)5-10/h2-5,8-9,16H,1,6-7H2. The zero-order chi connectivity index (χ0) is 13.0. The molecule has 94 valence electrons. The number of aromatic nitrogens is 2. The van der Waals surface area contributed by atoms with E-state index in [1.165, 1.54) is 6.07 Å². The molecule has 0 spiro atoms. The maximum Gasteiger partial charge on any atom is 0.159 e. The minimum absolute atomic E-state index is 0.469. The van der Waals surface area contributed by atoms with E-state index in [1.54, 1.807) is 23.1 Å². The highest BCUT2D eigenvalue weighted by Gasteiger charge is 2.02. The number of halogens is 2. The van der Waals surface area contributed by atoms with E-state index in [0.717, 1.165) is 11.6 Å². The number of nitrogens with zero attached hydrogens (tertiary/aromatic N) is 2. The molecule has 18 heavy (non-hydrogen) atoms. The van der Waals surface area contributed by atoms with Gasteiger partial charge in [-0.05, 0) is 17.7 Å². The largest absolute Gasteiger partial charge is 0.309 e. The molecule has 5 heteroatoms. The van der Waals surface area contributed by atoms with Gasteiger partial charge >= 0.3 is 0 Å². The van der Waals surface area contributed by atoms with E-state index in [4.69, 9.17) is 0 Å². The molecule has 0 aliphatic rings. The van der Waals surface area contributed by atoms with E-state index in [9.17, 15) is 8.78 Å². The zero-order valence-electron chi connectivity index (χ0n) is 9.74. The predicted molar refractivity (Wildman–Crippen MR) is 65.5 cm³/mol. The molecule has 2 rings (SSSR count). The summed E-state index contributed by atoms with van der Waals surface area (Å²) in [6, 6.07) is 3.87. The molecule has 0 bridgehead atoms. The van der Waals surface area contributed by atoms with Crippen molar-refractivity contribution in [1.29, 1.82) is 0 Å². The lowest BCUT2D eigenvalue weighted by Crippen LogP contribution is -2.12. The van der Waals surface area contributed by atoms with Crippen molar-refractivity contribution in [3.05, 3.63) is 59.9 Å². The molecule has 1 heterocycles. The Morgan fingerprint density at radius 3 is 2.67 bits per heavy atom. The normalized spacial score (nSPS) is 10.6. The monoisotopic (exact) mass is 249 g/mol. The van der Waals surface area contributed by atoms with Gasteiger partial charge in [0.25, 0.3) is 0 Å². The summed E-state index contributed by atoms with van der Waals surface area (Å²) in [5.74, 6) is -1.65. The average molecular weight is 249 g/mol. The first kappa shape index (κ1) is 12.4. The average Bonchev–Trinajstić information content (AvgIpc) is 2.82. The van der Waals surface area contributed by atoms with E-state index in [1.807, 2.05) is 6.20 Å². The molecular formula is C13H13F2N3. The van der Waals surface area contributed by atoms with Crippen LogP contribution in [-0.2, 0) is 13.1 Å². The Balaban J connectivity index is 1.88. The maximum atomic E-state index is 13.0. The highest BCUT2D eigenvalue weighted by molar-refractivity contribution is 5.19. The summed E-state index contributed by atoms with van der Waals surface area (Å²) in [7, 11) is 0. The fourth-order valence-electron chi connectivity index (χ4n) is 1.57. The van der Waals surface area contributed by atoms with Crippen LogP contribution in [0.4, 0.5) is 8.78 Å². The second kappa shape index (κ2) is 5.55. The first-order valence-electron chi connectivity index (χ1n) is 5.49. The lowest BCUT2D eigenvalue weighted by molar-refractivity contribution is 0.506. The summed E-state index contributed by atoms with van der Waals surface area (Å²) in [4.78, 5) is 0. The van der Waals surface area contributed by atoms with Gasteiger partial charge in [-0.3, -0.25) is 0 Å². The highest BCUT2D eigenvalue weighted by atomic mass is 19.2. The van der Waals surface area contributed by atoms with E-state index in [-0.39, 0.29) is 0 Å². The van der Waals surface area contributed by atoms with Gasteiger partial charge < -0.3 is 5.32 Å². The maximum absolute atomic E-state index is 13.0. The SMILES string of the molecule is C=Cn1cc(CNCc2ccc(F)c(F)c2)cn1. The molecule has 2 aromatic rings. The van der Waals surface area contributed by atoms with Gasteiger partial charge in [0, 0.05) is 31.0 Å². The quantitative estimate of drug-likeness (QED) is 0.882. The predicted octanol–water partition coefficient (Wildman–Crippen LogP) is 2.55. The minimum Gasteiger partial charge on any atom is -0.309 e. The molecule has 0 aliphatic carbocycles. The molecule has 0 fully saturated rings. The Morgan fingerprint density at radius 2 is 2.00 bits per heavy atom. The zero-order valence-corrected chi connectivity index (χ0v) is 9.74. The molecule has 1 aromatic carbocycles. The van der Waals surface area contributed by atoms with Crippen molar-refractivity contribution in [2.24, 2.45) is 0 Å². The molecule has 0 unspecified atom stereocenters. The molecule has 1 aromatic heterocycles. The van der Waals surface area contributed by atoms with E-state index in [2.05, 4.69) is 17.0 Å². The number of hydrogen-bond donors (Lipinski definition) is 1. The Kier molecular flexibility index (Phi) is 3.84. The van der Waals surface area contributed by atoms with Crippen LogP contribution >= 0.6 is 0 Å². The molecule has 0 saturated heterocycles. The topological polar surface area (TPSA) is 29.9 Å². The molecule has 0 saturated carbocycles. The van der Waals surface area contributed by atoms with Crippen LogP contribution in [0.2, 0.25) is 0 Å². The van der Waals surface area contributed by atoms with Crippen LogP contribution in [0.3, 0.4) is 0 Å². The van der Waals surface area contributed by atoms with Crippen molar-refractivity contribution in [2.45, 2.75) is 13.1 Å². The van der Waals surface area contributed by atoms with Crippen molar-refractivity contribution in [2.75, 3.05) is 0 Å². The number of nitrogens with one attached hydrogen (secondary N) is 1. The Labute approximate surface area is 104 Å². The molecule has 0 radical (unpaired) electrons. The van der Waals surface area contributed by atoms with Gasteiger partial charge in [0.05, 0.1) is 6.20 Å². The number of rotatable bonds is 5. The van der Waals surface area contributed by atoms with Gasteiger partial charge in [-0.25, -0.2) is 13.5 Å². The number of benzene rings is 1. The summed E-state index contributed by atoms with van der Waals surface area (Å²) in [6.07, 6.45) is 5.16. The second-order valence-electron chi connectivity index (χ2n) is 3.86.